The van der Waals surface area contributed by atoms with E-state index in [-0.39, 0.29) is 12.3 Å². The molecular formula is C6H11NO3S. The molecule has 1 aliphatic rings. The van der Waals surface area contributed by atoms with Crippen LogP contribution in [0.25, 0.3) is 0 Å². The van der Waals surface area contributed by atoms with Crippen molar-refractivity contribution in [3.05, 3.63) is 0 Å². The van der Waals surface area contributed by atoms with Crippen molar-refractivity contribution in [1.82, 2.24) is 4.31 Å². The molecule has 0 aliphatic carbocycles. The van der Waals surface area contributed by atoms with Crippen LogP contribution in [0.1, 0.15) is 20.3 Å². The van der Waals surface area contributed by atoms with Crippen molar-refractivity contribution in [1.29, 1.82) is 0 Å². The summed E-state index contributed by atoms with van der Waals surface area (Å²) < 4.78 is 22.4. The van der Waals surface area contributed by atoms with E-state index >= 15 is 0 Å². The minimum atomic E-state index is -2.60. The van der Waals surface area contributed by atoms with Gasteiger partial charge in [-0.1, -0.05) is 0 Å². The standard InChI is InChI=1S/C6H11NO3S/c1-6(2)3-5(8)4-7(6)11(9)10/h11H,3-4H2,1-2H3. The summed E-state index contributed by atoms with van der Waals surface area (Å²) in [5, 5.41) is 0. The zero-order chi connectivity index (χ0) is 8.65. The van der Waals surface area contributed by atoms with Gasteiger partial charge in [-0.25, -0.2) is 8.42 Å². The molecule has 0 aromatic rings. The van der Waals surface area contributed by atoms with Gasteiger partial charge in [-0.05, 0) is 13.8 Å². The first kappa shape index (κ1) is 8.67. The van der Waals surface area contributed by atoms with Crippen molar-refractivity contribution < 1.29 is 13.2 Å². The first-order valence-electron chi connectivity index (χ1n) is 3.37. The maximum Gasteiger partial charge on any atom is 0.204 e. The summed E-state index contributed by atoms with van der Waals surface area (Å²) in [6.07, 6.45) is 0.330. The minimum Gasteiger partial charge on any atom is -0.298 e. The molecule has 0 N–H and O–H groups in total. The van der Waals surface area contributed by atoms with Gasteiger partial charge >= 0.3 is 0 Å². The topological polar surface area (TPSA) is 54.5 Å². The van der Waals surface area contributed by atoms with Gasteiger partial charge in [0.25, 0.3) is 0 Å². The summed E-state index contributed by atoms with van der Waals surface area (Å²) >= 11 is 0. The number of hydrogen-bond donors (Lipinski definition) is 1. The Morgan fingerprint density at radius 1 is 1.45 bits per heavy atom. The van der Waals surface area contributed by atoms with Crippen LogP contribution < -0.4 is 0 Å². The molecule has 0 atom stereocenters. The van der Waals surface area contributed by atoms with Crippen LogP contribution in [-0.4, -0.2) is 30.6 Å². The highest BCUT2D eigenvalue weighted by atomic mass is 32.2. The molecule has 5 heteroatoms. The molecule has 1 aliphatic heterocycles. The highest BCUT2D eigenvalue weighted by molar-refractivity contribution is 7.70. The second kappa shape index (κ2) is 2.57. The van der Waals surface area contributed by atoms with Crippen molar-refractivity contribution in [2.75, 3.05) is 6.54 Å². The Bertz CT molecular complexity index is 249. The zero-order valence-corrected chi connectivity index (χ0v) is 7.43. The number of Topliss-reactive ketones (excluding diaryl/α,β-unsaturated/α-hetero) is 1. The van der Waals surface area contributed by atoms with Crippen LogP contribution in [0.3, 0.4) is 0 Å². The third-order valence-corrected chi connectivity index (χ3v) is 2.93. The van der Waals surface area contributed by atoms with Crippen LogP contribution in [0, 0.1) is 0 Å². The summed E-state index contributed by atoms with van der Waals surface area (Å²) in [6, 6.07) is 0. The molecule has 0 bridgehead atoms. The number of rotatable bonds is 1. The summed E-state index contributed by atoms with van der Waals surface area (Å²) in [7, 11) is -2.60. The first-order chi connectivity index (χ1) is 4.93. The van der Waals surface area contributed by atoms with E-state index in [0.717, 1.165) is 0 Å². The number of ketones is 1. The summed E-state index contributed by atoms with van der Waals surface area (Å²) in [5.74, 6) is -0.00537. The summed E-state index contributed by atoms with van der Waals surface area (Å²) in [4.78, 5) is 10.9. The fourth-order valence-electron chi connectivity index (χ4n) is 1.29. The van der Waals surface area contributed by atoms with Crippen molar-refractivity contribution in [3.63, 3.8) is 0 Å². The smallest absolute Gasteiger partial charge is 0.204 e. The molecule has 64 valence electrons. The van der Waals surface area contributed by atoms with E-state index in [4.69, 9.17) is 0 Å². The van der Waals surface area contributed by atoms with Crippen molar-refractivity contribution in [3.8, 4) is 0 Å². The van der Waals surface area contributed by atoms with E-state index in [9.17, 15) is 13.2 Å². The van der Waals surface area contributed by atoms with Crippen LogP contribution in [-0.2, 0) is 15.7 Å². The number of thiol groups is 1. The van der Waals surface area contributed by atoms with Crippen LogP contribution in [0.4, 0.5) is 0 Å². The van der Waals surface area contributed by atoms with Crippen LogP contribution in [0.2, 0.25) is 0 Å². The molecule has 0 unspecified atom stereocenters. The number of nitrogens with zero attached hydrogens (tertiary/aromatic N) is 1. The molecule has 4 nitrogen and oxygen atoms in total. The molecule has 1 rings (SSSR count). The van der Waals surface area contributed by atoms with Crippen LogP contribution >= 0.6 is 0 Å². The quantitative estimate of drug-likeness (QED) is 0.553. The van der Waals surface area contributed by atoms with Gasteiger partial charge in [-0.2, -0.15) is 4.31 Å². The SMILES string of the molecule is CC1(C)CC(=O)CN1[SH](=O)=O. The van der Waals surface area contributed by atoms with Crippen molar-refractivity contribution >= 4 is 16.7 Å². The molecule has 0 spiro atoms. The predicted molar refractivity (Wildman–Crippen MR) is 40.7 cm³/mol. The van der Waals surface area contributed by atoms with Gasteiger partial charge in [0.15, 0.2) is 0 Å². The van der Waals surface area contributed by atoms with Crippen molar-refractivity contribution in [2.45, 2.75) is 25.8 Å². The van der Waals surface area contributed by atoms with Crippen molar-refractivity contribution in [2.24, 2.45) is 0 Å². The van der Waals surface area contributed by atoms with Gasteiger partial charge in [0.2, 0.25) is 10.9 Å². The number of hydrogen-bond acceptors (Lipinski definition) is 3. The maximum absolute atomic E-state index is 10.9. The monoisotopic (exact) mass is 177 g/mol. The molecule has 0 aromatic heterocycles. The highest BCUT2D eigenvalue weighted by Gasteiger charge is 2.38. The molecule has 0 amide bonds. The normalized spacial score (nSPS) is 24.8. The minimum absolute atomic E-state index is 0.00537. The number of carbonyl (C=O) groups is 1. The fraction of sp³-hybridized carbons (Fsp3) is 0.833. The van der Waals surface area contributed by atoms with Gasteiger partial charge in [0, 0.05) is 12.0 Å². The average Bonchev–Trinajstić information content (AvgIpc) is 2.04. The summed E-state index contributed by atoms with van der Waals surface area (Å²) in [5.41, 5.74) is -0.508. The molecule has 0 radical (unpaired) electrons. The predicted octanol–water partition coefficient (Wildman–Crippen LogP) is -0.434. The second-order valence-electron chi connectivity index (χ2n) is 3.32. The van der Waals surface area contributed by atoms with E-state index < -0.39 is 16.4 Å². The van der Waals surface area contributed by atoms with E-state index in [1.54, 1.807) is 13.8 Å². The van der Waals surface area contributed by atoms with E-state index in [2.05, 4.69) is 0 Å². The van der Waals surface area contributed by atoms with E-state index in [1.165, 1.54) is 4.31 Å². The highest BCUT2D eigenvalue weighted by Crippen LogP contribution is 2.25. The van der Waals surface area contributed by atoms with Gasteiger partial charge in [0.05, 0.1) is 6.54 Å². The Morgan fingerprint density at radius 2 is 2.00 bits per heavy atom. The average molecular weight is 177 g/mol. The second-order valence-corrected chi connectivity index (χ2v) is 4.28. The van der Waals surface area contributed by atoms with E-state index in [1.807, 2.05) is 0 Å². The largest absolute Gasteiger partial charge is 0.298 e. The third-order valence-electron chi connectivity index (χ3n) is 1.85. The van der Waals surface area contributed by atoms with Gasteiger partial charge < -0.3 is 0 Å². The zero-order valence-electron chi connectivity index (χ0n) is 6.53. The molecule has 1 heterocycles. The van der Waals surface area contributed by atoms with Crippen LogP contribution in [0.5, 0.6) is 0 Å². The Kier molecular flexibility index (Phi) is 2.02. The lowest BCUT2D eigenvalue weighted by atomic mass is 10.0. The molecule has 11 heavy (non-hydrogen) atoms. The lowest BCUT2D eigenvalue weighted by Gasteiger charge is -2.23. The third kappa shape index (κ3) is 1.59. The van der Waals surface area contributed by atoms with Gasteiger partial charge in [-0.3, -0.25) is 4.79 Å². The van der Waals surface area contributed by atoms with E-state index in [0.29, 0.717) is 6.42 Å². The Morgan fingerprint density at radius 3 is 2.18 bits per heavy atom. The maximum atomic E-state index is 10.9. The fourth-order valence-corrected chi connectivity index (χ4v) is 2.08. The lowest BCUT2D eigenvalue weighted by molar-refractivity contribution is -0.116. The van der Waals surface area contributed by atoms with Gasteiger partial charge in [0.1, 0.15) is 5.78 Å². The molecule has 1 fully saturated rings. The Labute approximate surface area is 67.3 Å². The Hall–Kier alpha value is -0.420. The Balaban J connectivity index is 2.90. The number of carbonyl (C=O) groups excluding carboxylic acids is 1. The lowest BCUT2D eigenvalue weighted by Crippen LogP contribution is -2.36. The van der Waals surface area contributed by atoms with Gasteiger partial charge in [-0.15, -0.1) is 0 Å². The van der Waals surface area contributed by atoms with Crippen LogP contribution in [0.15, 0.2) is 0 Å². The molecule has 0 aromatic carbocycles. The molecular weight excluding hydrogens is 166 g/mol. The molecule has 0 saturated carbocycles. The first-order valence-corrected chi connectivity index (χ1v) is 4.50. The summed E-state index contributed by atoms with van der Waals surface area (Å²) in [6.45, 7) is 3.55. The molecule has 1 saturated heterocycles.